The highest BCUT2D eigenvalue weighted by Crippen LogP contribution is 2.29. The van der Waals surface area contributed by atoms with Gasteiger partial charge in [0, 0.05) is 0 Å². The number of nitrogens with zero attached hydrogens (tertiary/aromatic N) is 3. The molecule has 32 heavy (non-hydrogen) atoms. The van der Waals surface area contributed by atoms with Crippen LogP contribution in [-0.4, -0.2) is 33.0 Å². The van der Waals surface area contributed by atoms with Crippen LogP contribution in [-0.2, 0) is 4.79 Å². The molecule has 2 aromatic heterocycles. The Bertz CT molecular complexity index is 1140. The first-order valence-corrected chi connectivity index (χ1v) is 11.3. The molecule has 4 rings (SSSR count). The highest BCUT2D eigenvalue weighted by atomic mass is 32.2. The minimum atomic E-state index is -0.0769. The molecule has 2 heterocycles. The van der Waals surface area contributed by atoms with Crippen LogP contribution in [0.25, 0.3) is 17.3 Å². The molecule has 0 aliphatic heterocycles. The quantitative estimate of drug-likeness (QED) is 0.367. The van der Waals surface area contributed by atoms with E-state index in [9.17, 15) is 4.79 Å². The third-order valence-electron chi connectivity index (χ3n) is 4.79. The number of carbonyl (C=O) groups excluding carboxylic acids is 1. The number of rotatable bonds is 9. The van der Waals surface area contributed by atoms with Gasteiger partial charge in [0.05, 0.1) is 30.4 Å². The molecule has 0 saturated carbocycles. The average molecular weight is 449 g/mol. The molecule has 0 spiro atoms. The Kier molecular flexibility index (Phi) is 6.91. The van der Waals surface area contributed by atoms with E-state index in [-0.39, 0.29) is 17.7 Å². The molecular formula is C24H24N4O3S. The van der Waals surface area contributed by atoms with Crippen molar-refractivity contribution in [2.24, 2.45) is 0 Å². The predicted octanol–water partition coefficient (Wildman–Crippen LogP) is 4.90. The third-order valence-corrected chi connectivity index (χ3v) is 5.72. The third kappa shape index (κ3) is 5.03. The van der Waals surface area contributed by atoms with Crippen LogP contribution < -0.4 is 10.1 Å². The lowest BCUT2D eigenvalue weighted by Crippen LogP contribution is -2.28. The van der Waals surface area contributed by atoms with E-state index in [1.54, 1.807) is 12.3 Å². The van der Waals surface area contributed by atoms with Gasteiger partial charge >= 0.3 is 0 Å². The van der Waals surface area contributed by atoms with E-state index in [4.69, 9.17) is 9.15 Å². The summed E-state index contributed by atoms with van der Waals surface area (Å²) in [6, 6.07) is 21.1. The zero-order chi connectivity index (χ0) is 22.3. The zero-order valence-corrected chi connectivity index (χ0v) is 18.7. The molecule has 0 saturated heterocycles. The molecule has 2 aromatic carbocycles. The van der Waals surface area contributed by atoms with E-state index in [0.717, 1.165) is 17.0 Å². The SMILES string of the molecule is CCOc1ccc(-n2c(SCC(=O)NC(C)c3ccccc3)nnc2-c2ccco2)cc1. The van der Waals surface area contributed by atoms with Crippen LogP contribution in [0.2, 0.25) is 0 Å². The fourth-order valence-corrected chi connectivity index (χ4v) is 4.02. The highest BCUT2D eigenvalue weighted by Gasteiger charge is 2.19. The van der Waals surface area contributed by atoms with Gasteiger partial charge in [0.1, 0.15) is 5.75 Å². The Morgan fingerprint density at radius 1 is 1.09 bits per heavy atom. The second-order valence-corrected chi connectivity index (χ2v) is 7.98. The van der Waals surface area contributed by atoms with Crippen molar-refractivity contribution in [3.63, 3.8) is 0 Å². The average Bonchev–Trinajstić information content (AvgIpc) is 3.49. The normalized spacial score (nSPS) is 11.8. The van der Waals surface area contributed by atoms with E-state index in [2.05, 4.69) is 15.5 Å². The maximum absolute atomic E-state index is 12.6. The standard InChI is InChI=1S/C24H24N4O3S/c1-3-30-20-13-11-19(12-14-20)28-23(21-10-7-15-31-21)26-27-24(28)32-16-22(29)25-17(2)18-8-5-4-6-9-18/h4-15,17H,3,16H2,1-2H3,(H,25,29). The minimum absolute atomic E-state index is 0.0767. The summed E-state index contributed by atoms with van der Waals surface area (Å²) in [5.74, 6) is 2.09. The van der Waals surface area contributed by atoms with Crippen molar-refractivity contribution in [2.45, 2.75) is 25.0 Å². The lowest BCUT2D eigenvalue weighted by Gasteiger charge is -2.14. The van der Waals surface area contributed by atoms with Gasteiger partial charge in [-0.25, -0.2) is 0 Å². The number of thioether (sulfide) groups is 1. The van der Waals surface area contributed by atoms with Crippen LogP contribution >= 0.6 is 11.8 Å². The first-order valence-electron chi connectivity index (χ1n) is 10.4. The van der Waals surface area contributed by atoms with Crippen molar-refractivity contribution in [3.05, 3.63) is 78.6 Å². The number of amides is 1. The first kappa shape index (κ1) is 21.7. The van der Waals surface area contributed by atoms with Gasteiger partial charge in [0.25, 0.3) is 0 Å². The summed E-state index contributed by atoms with van der Waals surface area (Å²) in [5, 5.41) is 12.3. The number of ether oxygens (including phenoxy) is 1. The molecule has 8 heteroatoms. The van der Waals surface area contributed by atoms with Crippen molar-refractivity contribution < 1.29 is 13.9 Å². The Labute approximate surface area is 190 Å². The summed E-state index contributed by atoms with van der Waals surface area (Å²) in [6.45, 7) is 4.51. The number of benzene rings is 2. The number of furan rings is 1. The number of carbonyl (C=O) groups is 1. The zero-order valence-electron chi connectivity index (χ0n) is 17.9. The van der Waals surface area contributed by atoms with Gasteiger partial charge in [-0.2, -0.15) is 0 Å². The van der Waals surface area contributed by atoms with Gasteiger partial charge in [0.15, 0.2) is 10.9 Å². The fourth-order valence-electron chi connectivity index (χ4n) is 3.26. The van der Waals surface area contributed by atoms with Gasteiger partial charge in [-0.15, -0.1) is 10.2 Å². The maximum atomic E-state index is 12.6. The van der Waals surface area contributed by atoms with E-state index >= 15 is 0 Å². The molecule has 1 atom stereocenters. The Morgan fingerprint density at radius 3 is 2.56 bits per heavy atom. The van der Waals surface area contributed by atoms with Gasteiger partial charge in [-0.3, -0.25) is 9.36 Å². The molecule has 0 radical (unpaired) electrons. The van der Waals surface area contributed by atoms with Gasteiger partial charge < -0.3 is 14.5 Å². The lowest BCUT2D eigenvalue weighted by molar-refractivity contribution is -0.119. The molecule has 164 valence electrons. The molecule has 1 amide bonds. The van der Waals surface area contributed by atoms with E-state index in [0.29, 0.717) is 23.3 Å². The Hall–Kier alpha value is -3.52. The van der Waals surface area contributed by atoms with Crippen LogP contribution in [0.5, 0.6) is 5.75 Å². The molecule has 0 bridgehead atoms. The number of hydrogen-bond donors (Lipinski definition) is 1. The topological polar surface area (TPSA) is 82.2 Å². The molecule has 0 aliphatic carbocycles. The van der Waals surface area contributed by atoms with Crippen molar-refractivity contribution in [2.75, 3.05) is 12.4 Å². The Morgan fingerprint density at radius 2 is 1.88 bits per heavy atom. The van der Waals surface area contributed by atoms with E-state index in [1.807, 2.05) is 79.1 Å². The first-order chi connectivity index (χ1) is 15.7. The number of nitrogens with one attached hydrogen (secondary N) is 1. The Balaban J connectivity index is 1.53. The molecule has 1 N–H and O–H groups in total. The lowest BCUT2D eigenvalue weighted by atomic mass is 10.1. The van der Waals surface area contributed by atoms with E-state index in [1.165, 1.54) is 11.8 Å². The predicted molar refractivity (Wildman–Crippen MR) is 124 cm³/mol. The summed E-state index contributed by atoms with van der Waals surface area (Å²) in [6.07, 6.45) is 1.60. The van der Waals surface area contributed by atoms with Crippen molar-refractivity contribution in [3.8, 4) is 23.0 Å². The van der Waals surface area contributed by atoms with Crippen LogP contribution in [0.4, 0.5) is 0 Å². The maximum Gasteiger partial charge on any atom is 0.230 e. The summed E-state index contributed by atoms with van der Waals surface area (Å²) in [4.78, 5) is 12.6. The number of hydrogen-bond acceptors (Lipinski definition) is 6. The smallest absolute Gasteiger partial charge is 0.230 e. The highest BCUT2D eigenvalue weighted by molar-refractivity contribution is 7.99. The van der Waals surface area contributed by atoms with Crippen molar-refractivity contribution in [1.82, 2.24) is 20.1 Å². The van der Waals surface area contributed by atoms with Crippen LogP contribution in [0.3, 0.4) is 0 Å². The summed E-state index contributed by atoms with van der Waals surface area (Å²) >= 11 is 1.32. The fraction of sp³-hybridized carbons (Fsp3) is 0.208. The van der Waals surface area contributed by atoms with Crippen molar-refractivity contribution >= 4 is 17.7 Å². The summed E-state index contributed by atoms with van der Waals surface area (Å²) in [5.41, 5.74) is 1.91. The number of aromatic nitrogens is 3. The van der Waals surface area contributed by atoms with Crippen LogP contribution in [0, 0.1) is 0 Å². The molecular weight excluding hydrogens is 424 g/mol. The second-order valence-electron chi connectivity index (χ2n) is 7.03. The van der Waals surface area contributed by atoms with Gasteiger partial charge in [-0.1, -0.05) is 42.1 Å². The summed E-state index contributed by atoms with van der Waals surface area (Å²) in [7, 11) is 0. The minimum Gasteiger partial charge on any atom is -0.494 e. The molecule has 1 unspecified atom stereocenters. The van der Waals surface area contributed by atoms with Gasteiger partial charge in [-0.05, 0) is 55.8 Å². The summed E-state index contributed by atoms with van der Waals surface area (Å²) < 4.78 is 13.0. The van der Waals surface area contributed by atoms with Gasteiger partial charge in [0.2, 0.25) is 11.7 Å². The monoisotopic (exact) mass is 448 g/mol. The molecule has 4 aromatic rings. The second kappa shape index (κ2) is 10.2. The molecule has 7 nitrogen and oxygen atoms in total. The molecule has 0 aliphatic rings. The van der Waals surface area contributed by atoms with E-state index < -0.39 is 0 Å². The largest absolute Gasteiger partial charge is 0.494 e. The van der Waals surface area contributed by atoms with Crippen molar-refractivity contribution in [1.29, 1.82) is 0 Å². The molecule has 0 fully saturated rings. The van der Waals surface area contributed by atoms with Crippen LogP contribution in [0.15, 0.2) is 82.6 Å². The van der Waals surface area contributed by atoms with Crippen LogP contribution in [0.1, 0.15) is 25.5 Å².